The van der Waals surface area contributed by atoms with Crippen molar-refractivity contribution in [2.24, 2.45) is 0 Å². The number of methoxy groups -OCH3 is 2. The number of rotatable bonds is 10. The predicted molar refractivity (Wildman–Crippen MR) is 166 cm³/mol. The molecule has 44 heavy (non-hydrogen) atoms. The quantitative estimate of drug-likeness (QED) is 0.185. The van der Waals surface area contributed by atoms with Crippen molar-refractivity contribution in [3.63, 3.8) is 0 Å². The Hall–Kier alpha value is -5.66. The van der Waals surface area contributed by atoms with Crippen LogP contribution in [0.3, 0.4) is 0 Å². The Kier molecular flexibility index (Phi) is 14.1. The van der Waals surface area contributed by atoms with Gasteiger partial charge in [-0.2, -0.15) is 0 Å². The van der Waals surface area contributed by atoms with E-state index in [0.717, 1.165) is 11.4 Å². The minimum atomic E-state index is -1.26. The Labute approximate surface area is 255 Å². The van der Waals surface area contributed by atoms with Gasteiger partial charge in [0.05, 0.1) is 26.6 Å². The van der Waals surface area contributed by atoms with Crippen LogP contribution in [0.1, 0.15) is 27.7 Å². The smallest absolute Gasteiger partial charge is 0.328 e. The van der Waals surface area contributed by atoms with Crippen LogP contribution in [0.5, 0.6) is 11.5 Å². The minimum absolute atomic E-state index is 0.269. The number of aromatic nitrogens is 6. The van der Waals surface area contributed by atoms with Gasteiger partial charge < -0.3 is 30.3 Å². The SMILES string of the molecule is COc1cnc(-c2ccccn2)nc1NC(C)C.COc1cnc(-c2ccccn2)nc1NC(C)C.O=C(O)C=CC(=O)O. The Balaban J connectivity index is 0.000000248. The van der Waals surface area contributed by atoms with Crippen LogP contribution in [0.2, 0.25) is 0 Å². The topological polar surface area (TPSA) is 194 Å². The highest BCUT2D eigenvalue weighted by molar-refractivity contribution is 5.89. The van der Waals surface area contributed by atoms with E-state index in [0.29, 0.717) is 46.9 Å². The van der Waals surface area contributed by atoms with E-state index in [4.69, 9.17) is 19.7 Å². The fraction of sp³-hybridized carbons (Fsp3) is 0.267. The molecule has 0 saturated heterocycles. The minimum Gasteiger partial charge on any atom is -0.491 e. The van der Waals surface area contributed by atoms with Gasteiger partial charge in [0.1, 0.15) is 11.4 Å². The van der Waals surface area contributed by atoms with E-state index in [9.17, 15) is 9.59 Å². The molecule has 4 heterocycles. The second kappa shape index (κ2) is 18.0. The maximum Gasteiger partial charge on any atom is 0.328 e. The molecule has 4 N–H and O–H groups in total. The van der Waals surface area contributed by atoms with Gasteiger partial charge in [0.25, 0.3) is 0 Å². The number of ether oxygens (including phenoxy) is 2. The molecular weight excluding hydrogens is 568 g/mol. The van der Waals surface area contributed by atoms with E-state index in [1.165, 1.54) is 0 Å². The predicted octanol–water partition coefficient (Wildman–Crippen LogP) is 4.45. The summed E-state index contributed by atoms with van der Waals surface area (Å²) >= 11 is 0. The largest absolute Gasteiger partial charge is 0.491 e. The lowest BCUT2D eigenvalue weighted by Crippen LogP contribution is -2.13. The standard InChI is InChI=1S/2C13H16N4O.C4H4O4/c2*1-9(2)16-13-11(18-3)8-15-12(17-13)10-6-4-5-7-14-10;5-3(6)1-2-4(7)8/h2*4-9H,1-3H3,(H,15,16,17);1-2H,(H,5,6)(H,7,8). The fourth-order valence-corrected chi connectivity index (χ4v) is 3.17. The molecule has 4 aromatic heterocycles. The van der Waals surface area contributed by atoms with Crippen molar-refractivity contribution in [3.05, 3.63) is 73.3 Å². The van der Waals surface area contributed by atoms with Crippen molar-refractivity contribution in [1.29, 1.82) is 0 Å². The molecule has 0 aliphatic heterocycles. The van der Waals surface area contributed by atoms with Crippen LogP contribution in [0.15, 0.2) is 73.3 Å². The van der Waals surface area contributed by atoms with Crippen LogP contribution in [-0.2, 0) is 9.59 Å². The number of carboxylic acids is 2. The average molecular weight is 605 g/mol. The van der Waals surface area contributed by atoms with Crippen molar-refractivity contribution < 1.29 is 29.3 Å². The lowest BCUT2D eigenvalue weighted by molar-refractivity contribution is -0.134. The van der Waals surface area contributed by atoms with Crippen molar-refractivity contribution in [1.82, 2.24) is 29.9 Å². The monoisotopic (exact) mass is 604 g/mol. The van der Waals surface area contributed by atoms with Crippen LogP contribution in [0.25, 0.3) is 23.0 Å². The van der Waals surface area contributed by atoms with Crippen molar-refractivity contribution >= 4 is 23.6 Å². The summed E-state index contributed by atoms with van der Waals surface area (Å²) in [6.45, 7) is 8.17. The molecule has 0 unspecified atom stereocenters. The van der Waals surface area contributed by atoms with E-state index in [1.807, 2.05) is 64.1 Å². The molecule has 0 atom stereocenters. The number of anilines is 2. The third kappa shape index (κ3) is 12.1. The fourth-order valence-electron chi connectivity index (χ4n) is 3.17. The van der Waals surface area contributed by atoms with Crippen LogP contribution < -0.4 is 20.1 Å². The second-order valence-corrected chi connectivity index (χ2v) is 9.26. The van der Waals surface area contributed by atoms with E-state index in [1.54, 1.807) is 39.0 Å². The van der Waals surface area contributed by atoms with Crippen LogP contribution in [0, 0.1) is 0 Å². The number of hydrogen-bond donors (Lipinski definition) is 4. The van der Waals surface area contributed by atoms with Crippen molar-refractivity contribution in [2.75, 3.05) is 24.9 Å². The molecule has 0 amide bonds. The molecule has 0 aromatic carbocycles. The van der Waals surface area contributed by atoms with Crippen LogP contribution >= 0.6 is 0 Å². The third-order valence-corrected chi connectivity index (χ3v) is 4.96. The molecule has 4 rings (SSSR count). The van der Waals surface area contributed by atoms with Gasteiger partial charge in [-0.25, -0.2) is 29.5 Å². The summed E-state index contributed by atoms with van der Waals surface area (Å²) in [5.41, 5.74) is 1.49. The summed E-state index contributed by atoms with van der Waals surface area (Å²) in [6, 6.07) is 11.8. The van der Waals surface area contributed by atoms with Gasteiger partial charge in [0, 0.05) is 36.6 Å². The summed E-state index contributed by atoms with van der Waals surface area (Å²) in [4.78, 5) is 45.0. The second-order valence-electron chi connectivity index (χ2n) is 9.26. The van der Waals surface area contributed by atoms with E-state index in [2.05, 4.69) is 40.5 Å². The first-order valence-electron chi connectivity index (χ1n) is 13.4. The molecule has 0 aliphatic carbocycles. The molecule has 0 fully saturated rings. The Morgan fingerprint density at radius 3 is 1.34 bits per heavy atom. The number of pyridine rings is 2. The van der Waals surface area contributed by atoms with Crippen LogP contribution in [0.4, 0.5) is 11.6 Å². The van der Waals surface area contributed by atoms with Crippen LogP contribution in [-0.4, -0.2) is 78.4 Å². The summed E-state index contributed by atoms with van der Waals surface area (Å²) in [6.07, 6.45) is 7.87. The third-order valence-electron chi connectivity index (χ3n) is 4.96. The number of aliphatic carboxylic acids is 2. The summed E-state index contributed by atoms with van der Waals surface area (Å²) in [5, 5.41) is 22.1. The zero-order valence-corrected chi connectivity index (χ0v) is 25.3. The molecule has 14 heteroatoms. The molecule has 14 nitrogen and oxygen atoms in total. The van der Waals surface area contributed by atoms with Gasteiger partial charge in [-0.1, -0.05) is 12.1 Å². The van der Waals surface area contributed by atoms with E-state index in [-0.39, 0.29) is 12.1 Å². The number of carboxylic acid groups (broad SMARTS) is 2. The first-order chi connectivity index (χ1) is 21.0. The molecular formula is C30H36N8O6. The molecule has 0 aliphatic rings. The molecule has 0 bridgehead atoms. The highest BCUT2D eigenvalue weighted by Gasteiger charge is 2.11. The zero-order chi connectivity index (χ0) is 32.5. The normalized spacial score (nSPS) is 10.3. The van der Waals surface area contributed by atoms with Crippen molar-refractivity contribution in [3.8, 4) is 34.5 Å². The Morgan fingerprint density at radius 2 is 1.07 bits per heavy atom. The van der Waals surface area contributed by atoms with Gasteiger partial charge in [0.2, 0.25) is 0 Å². The first-order valence-corrected chi connectivity index (χ1v) is 13.4. The van der Waals surface area contributed by atoms with E-state index >= 15 is 0 Å². The highest BCUT2D eigenvalue weighted by Crippen LogP contribution is 2.25. The lowest BCUT2D eigenvalue weighted by Gasteiger charge is -2.13. The molecule has 0 spiro atoms. The van der Waals surface area contributed by atoms with Gasteiger partial charge in [-0.3, -0.25) is 9.97 Å². The molecule has 4 aromatic rings. The van der Waals surface area contributed by atoms with Gasteiger partial charge in [-0.05, 0) is 52.0 Å². The maximum atomic E-state index is 9.55. The number of nitrogens with one attached hydrogen (secondary N) is 2. The number of hydrogen-bond acceptors (Lipinski definition) is 12. The van der Waals surface area contributed by atoms with E-state index < -0.39 is 11.9 Å². The van der Waals surface area contributed by atoms with Gasteiger partial charge in [0.15, 0.2) is 34.8 Å². The van der Waals surface area contributed by atoms with Crippen molar-refractivity contribution in [2.45, 2.75) is 39.8 Å². The lowest BCUT2D eigenvalue weighted by atomic mass is 10.3. The summed E-state index contributed by atoms with van der Waals surface area (Å²) in [5.74, 6) is 1.27. The molecule has 232 valence electrons. The first kappa shape index (κ1) is 34.5. The number of carbonyl (C=O) groups is 2. The number of nitrogens with zero attached hydrogens (tertiary/aromatic N) is 6. The highest BCUT2D eigenvalue weighted by atomic mass is 16.5. The van der Waals surface area contributed by atoms with Gasteiger partial charge >= 0.3 is 11.9 Å². The zero-order valence-electron chi connectivity index (χ0n) is 25.3. The maximum absolute atomic E-state index is 9.55. The average Bonchev–Trinajstić information content (AvgIpc) is 3.01. The Bertz CT molecular complexity index is 1390. The summed E-state index contributed by atoms with van der Waals surface area (Å²) < 4.78 is 10.5. The molecule has 0 radical (unpaired) electrons. The van der Waals surface area contributed by atoms with Gasteiger partial charge in [-0.15, -0.1) is 0 Å². The molecule has 0 saturated carbocycles. The summed E-state index contributed by atoms with van der Waals surface area (Å²) in [7, 11) is 3.20. The Morgan fingerprint density at radius 1 is 0.682 bits per heavy atom.